The molecule has 122 valence electrons. The number of H-pyrrole nitrogens is 1. The van der Waals surface area contributed by atoms with E-state index in [1.165, 1.54) is 24.0 Å². The second-order valence-electron chi connectivity index (χ2n) is 5.36. The van der Waals surface area contributed by atoms with E-state index in [-0.39, 0.29) is 5.82 Å². The maximum absolute atomic E-state index is 13.5. The van der Waals surface area contributed by atoms with Crippen molar-refractivity contribution in [2.75, 3.05) is 0 Å². The monoisotopic (exact) mass is 350 g/mol. The van der Waals surface area contributed by atoms with Gasteiger partial charge in [0.05, 0.1) is 29.2 Å². The van der Waals surface area contributed by atoms with Crippen molar-refractivity contribution < 1.29 is 4.39 Å². The van der Waals surface area contributed by atoms with E-state index >= 15 is 0 Å². The number of pyridine rings is 2. The minimum atomic E-state index is -0.344. The first-order valence-electron chi connectivity index (χ1n) is 7.37. The molecule has 0 saturated carbocycles. The lowest BCUT2D eigenvalue weighted by Gasteiger charge is -2.08. The molecule has 0 radical (unpaired) electrons. The molecule has 0 bridgehead atoms. The summed E-state index contributed by atoms with van der Waals surface area (Å²) in [6.45, 7) is 1.62. The highest BCUT2D eigenvalue weighted by atomic mass is 32.2. The van der Waals surface area contributed by atoms with E-state index in [0.717, 1.165) is 16.0 Å². The Morgan fingerprint density at radius 2 is 2.16 bits per heavy atom. The summed E-state index contributed by atoms with van der Waals surface area (Å²) in [5.74, 6) is -0.344. The Labute approximate surface area is 146 Å². The Morgan fingerprint density at radius 1 is 1.28 bits per heavy atom. The van der Waals surface area contributed by atoms with E-state index in [2.05, 4.69) is 26.3 Å². The van der Waals surface area contributed by atoms with Gasteiger partial charge in [-0.15, -0.1) is 0 Å². The number of hydrogen-bond acceptors (Lipinski definition) is 5. The number of halogens is 1. The lowest BCUT2D eigenvalue weighted by Crippen LogP contribution is -1.93. The third kappa shape index (κ3) is 2.75. The average molecular weight is 350 g/mol. The van der Waals surface area contributed by atoms with Gasteiger partial charge in [0.25, 0.3) is 0 Å². The molecule has 4 heterocycles. The fraction of sp³-hybridized carbons (Fsp3) is 0.0588. The summed E-state index contributed by atoms with van der Waals surface area (Å²) >= 11 is 1.37. The highest BCUT2D eigenvalue weighted by molar-refractivity contribution is 7.99. The SMILES string of the molecule is Cc1nc(Sc2cc(-c3cn[nH]c3)cn3ncc(C#N)c23)ccc1F. The maximum atomic E-state index is 13.5. The Hall–Kier alpha value is -3.18. The zero-order valence-corrected chi connectivity index (χ0v) is 13.9. The van der Waals surface area contributed by atoms with Crippen LogP contribution in [0.2, 0.25) is 0 Å². The molecule has 8 heteroatoms. The van der Waals surface area contributed by atoms with E-state index < -0.39 is 0 Å². The Bertz CT molecular complexity index is 1110. The van der Waals surface area contributed by atoms with Crippen LogP contribution in [-0.4, -0.2) is 24.8 Å². The number of aromatic nitrogens is 5. The Kier molecular flexibility index (Phi) is 3.71. The van der Waals surface area contributed by atoms with Crippen LogP contribution in [0.5, 0.6) is 0 Å². The molecule has 4 aromatic heterocycles. The molecule has 4 rings (SSSR count). The van der Waals surface area contributed by atoms with Gasteiger partial charge in [0.1, 0.15) is 16.9 Å². The van der Waals surface area contributed by atoms with Gasteiger partial charge in [0.15, 0.2) is 0 Å². The van der Waals surface area contributed by atoms with Crippen LogP contribution < -0.4 is 0 Å². The van der Waals surface area contributed by atoms with Gasteiger partial charge in [-0.3, -0.25) is 5.10 Å². The smallest absolute Gasteiger partial charge is 0.144 e. The first-order chi connectivity index (χ1) is 12.2. The number of hydrogen-bond donors (Lipinski definition) is 1. The molecule has 0 unspecified atom stereocenters. The molecule has 0 saturated heterocycles. The van der Waals surface area contributed by atoms with Gasteiger partial charge >= 0.3 is 0 Å². The number of nitrogens with one attached hydrogen (secondary N) is 1. The Balaban J connectivity index is 1.89. The van der Waals surface area contributed by atoms with Crippen molar-refractivity contribution in [3.8, 4) is 17.2 Å². The first-order valence-corrected chi connectivity index (χ1v) is 8.19. The summed E-state index contributed by atoms with van der Waals surface area (Å²) in [5.41, 5.74) is 3.31. The predicted octanol–water partition coefficient (Wildman–Crippen LogP) is 3.59. The molecule has 0 aliphatic carbocycles. The van der Waals surface area contributed by atoms with E-state index in [4.69, 9.17) is 0 Å². The molecular weight excluding hydrogens is 339 g/mol. The highest BCUT2D eigenvalue weighted by Gasteiger charge is 2.14. The van der Waals surface area contributed by atoms with Crippen LogP contribution in [0.4, 0.5) is 4.39 Å². The van der Waals surface area contributed by atoms with Gasteiger partial charge < -0.3 is 0 Å². The average Bonchev–Trinajstić information content (AvgIpc) is 3.27. The normalized spacial score (nSPS) is 10.9. The number of aryl methyl sites for hydroxylation is 1. The van der Waals surface area contributed by atoms with E-state index in [0.29, 0.717) is 21.8 Å². The zero-order chi connectivity index (χ0) is 17.4. The summed E-state index contributed by atoms with van der Waals surface area (Å²) in [5, 5.41) is 21.0. The minimum absolute atomic E-state index is 0.334. The van der Waals surface area contributed by atoms with E-state index in [1.54, 1.807) is 29.9 Å². The van der Waals surface area contributed by atoms with Gasteiger partial charge in [-0.2, -0.15) is 15.5 Å². The van der Waals surface area contributed by atoms with Crippen molar-refractivity contribution >= 4 is 17.3 Å². The minimum Gasteiger partial charge on any atom is -0.285 e. The molecule has 6 nitrogen and oxygen atoms in total. The number of nitrogens with zero attached hydrogens (tertiary/aromatic N) is 5. The molecule has 4 aromatic rings. The van der Waals surface area contributed by atoms with Crippen LogP contribution in [0.15, 0.2) is 52.9 Å². The van der Waals surface area contributed by atoms with Crippen LogP contribution in [0.3, 0.4) is 0 Å². The standard InChI is InChI=1S/C17H11FN6S/c1-10-14(18)2-3-16(23-10)25-15-4-11(13-6-20-21-7-13)9-24-17(15)12(5-19)8-22-24/h2-4,6-9H,1H3,(H,20,21). The predicted molar refractivity (Wildman–Crippen MR) is 90.5 cm³/mol. The first kappa shape index (κ1) is 15.4. The van der Waals surface area contributed by atoms with Crippen molar-refractivity contribution in [3.63, 3.8) is 0 Å². The molecule has 0 aliphatic heterocycles. The highest BCUT2D eigenvalue weighted by Crippen LogP contribution is 2.34. The summed E-state index contributed by atoms with van der Waals surface area (Å²) in [4.78, 5) is 5.08. The van der Waals surface area contributed by atoms with Crippen LogP contribution in [-0.2, 0) is 0 Å². The van der Waals surface area contributed by atoms with E-state index in [9.17, 15) is 9.65 Å². The van der Waals surface area contributed by atoms with Crippen molar-refractivity contribution in [3.05, 3.63) is 60.1 Å². The number of rotatable bonds is 3. The summed E-state index contributed by atoms with van der Waals surface area (Å²) in [7, 11) is 0. The second kappa shape index (κ2) is 6.03. The Morgan fingerprint density at radius 3 is 2.88 bits per heavy atom. The molecule has 0 spiro atoms. The molecule has 0 fully saturated rings. The van der Waals surface area contributed by atoms with Gasteiger partial charge in [-0.05, 0) is 25.1 Å². The number of aromatic amines is 1. The lowest BCUT2D eigenvalue weighted by molar-refractivity contribution is 0.605. The fourth-order valence-electron chi connectivity index (χ4n) is 2.50. The summed E-state index contributed by atoms with van der Waals surface area (Å²) < 4.78 is 15.1. The summed E-state index contributed by atoms with van der Waals surface area (Å²) in [6.07, 6.45) is 6.87. The van der Waals surface area contributed by atoms with Crippen molar-refractivity contribution in [2.24, 2.45) is 0 Å². The molecule has 0 amide bonds. The van der Waals surface area contributed by atoms with Crippen molar-refractivity contribution in [1.29, 1.82) is 5.26 Å². The number of fused-ring (bicyclic) bond motifs is 1. The molecule has 0 aromatic carbocycles. The van der Waals surface area contributed by atoms with E-state index in [1.807, 2.05) is 12.3 Å². The van der Waals surface area contributed by atoms with Gasteiger partial charge in [0, 0.05) is 28.4 Å². The van der Waals surface area contributed by atoms with Crippen LogP contribution in [0, 0.1) is 24.1 Å². The third-order valence-electron chi connectivity index (χ3n) is 3.74. The zero-order valence-electron chi connectivity index (χ0n) is 13.1. The third-order valence-corrected chi connectivity index (χ3v) is 4.71. The van der Waals surface area contributed by atoms with Gasteiger partial charge in [-0.25, -0.2) is 13.9 Å². The topological polar surface area (TPSA) is 82.7 Å². The maximum Gasteiger partial charge on any atom is 0.144 e. The van der Waals surface area contributed by atoms with Crippen molar-refractivity contribution in [2.45, 2.75) is 16.8 Å². The quantitative estimate of drug-likeness (QED) is 0.610. The van der Waals surface area contributed by atoms with Crippen molar-refractivity contribution in [1.82, 2.24) is 24.8 Å². The second-order valence-corrected chi connectivity index (χ2v) is 6.42. The fourth-order valence-corrected chi connectivity index (χ4v) is 3.53. The summed E-state index contributed by atoms with van der Waals surface area (Å²) in [6, 6.07) is 7.12. The van der Waals surface area contributed by atoms with Crippen LogP contribution in [0.25, 0.3) is 16.6 Å². The molecule has 0 aliphatic rings. The lowest BCUT2D eigenvalue weighted by atomic mass is 10.1. The van der Waals surface area contributed by atoms with Gasteiger partial charge in [-0.1, -0.05) is 11.8 Å². The molecule has 25 heavy (non-hydrogen) atoms. The number of nitriles is 1. The largest absolute Gasteiger partial charge is 0.285 e. The van der Waals surface area contributed by atoms with Crippen LogP contribution in [0.1, 0.15) is 11.3 Å². The van der Waals surface area contributed by atoms with Gasteiger partial charge in [0.2, 0.25) is 0 Å². The van der Waals surface area contributed by atoms with Crippen LogP contribution >= 0.6 is 11.8 Å². The molecular formula is C17H11FN6S. The molecule has 1 N–H and O–H groups in total. The molecule has 0 atom stereocenters.